The number of rotatable bonds is 10. The summed E-state index contributed by atoms with van der Waals surface area (Å²) in [5.74, 6) is 0.276. The Bertz CT molecular complexity index is 157. The zero-order valence-electron chi connectivity index (χ0n) is 10.6. The molecule has 0 spiro atoms. The SMILES string of the molecule is CCCCCCCCNC(C)CC(C)=O. The van der Waals surface area contributed by atoms with Crippen LogP contribution in [0.2, 0.25) is 0 Å². The molecular formula is C13H27NO. The molecule has 1 unspecified atom stereocenters. The van der Waals surface area contributed by atoms with Gasteiger partial charge in [0.15, 0.2) is 0 Å². The van der Waals surface area contributed by atoms with Crippen LogP contribution in [0.1, 0.15) is 65.7 Å². The highest BCUT2D eigenvalue weighted by molar-refractivity contribution is 5.76. The predicted octanol–water partition coefficient (Wildman–Crippen LogP) is 3.30. The second-order valence-electron chi connectivity index (χ2n) is 4.53. The Morgan fingerprint density at radius 1 is 1.13 bits per heavy atom. The van der Waals surface area contributed by atoms with Crippen molar-refractivity contribution in [2.45, 2.75) is 71.8 Å². The highest BCUT2D eigenvalue weighted by Gasteiger charge is 2.02. The largest absolute Gasteiger partial charge is 0.314 e. The molecule has 0 aliphatic rings. The Balaban J connectivity index is 3.13. The lowest BCUT2D eigenvalue weighted by Crippen LogP contribution is -2.28. The van der Waals surface area contributed by atoms with E-state index >= 15 is 0 Å². The first-order chi connectivity index (χ1) is 7.16. The van der Waals surface area contributed by atoms with Gasteiger partial charge in [0.1, 0.15) is 5.78 Å². The molecule has 1 atom stereocenters. The topological polar surface area (TPSA) is 29.1 Å². The summed E-state index contributed by atoms with van der Waals surface area (Å²) >= 11 is 0. The molecule has 15 heavy (non-hydrogen) atoms. The van der Waals surface area contributed by atoms with E-state index in [1.165, 1.54) is 38.5 Å². The van der Waals surface area contributed by atoms with Crippen molar-refractivity contribution in [3.8, 4) is 0 Å². The first kappa shape index (κ1) is 14.6. The van der Waals surface area contributed by atoms with Crippen molar-refractivity contribution in [2.75, 3.05) is 6.54 Å². The van der Waals surface area contributed by atoms with E-state index in [1.807, 2.05) is 0 Å². The molecule has 0 amide bonds. The Morgan fingerprint density at radius 3 is 2.33 bits per heavy atom. The molecule has 0 bridgehead atoms. The van der Waals surface area contributed by atoms with Crippen LogP contribution in [-0.2, 0) is 4.79 Å². The molecule has 0 aromatic rings. The normalized spacial score (nSPS) is 12.7. The van der Waals surface area contributed by atoms with Crippen LogP contribution in [-0.4, -0.2) is 18.4 Å². The molecule has 0 radical (unpaired) electrons. The van der Waals surface area contributed by atoms with Gasteiger partial charge in [-0.1, -0.05) is 39.0 Å². The van der Waals surface area contributed by atoms with Gasteiger partial charge >= 0.3 is 0 Å². The zero-order valence-corrected chi connectivity index (χ0v) is 10.6. The van der Waals surface area contributed by atoms with E-state index in [4.69, 9.17) is 0 Å². The maximum atomic E-state index is 10.8. The summed E-state index contributed by atoms with van der Waals surface area (Å²) < 4.78 is 0. The molecule has 0 aromatic heterocycles. The Labute approximate surface area is 94.8 Å². The van der Waals surface area contributed by atoms with Crippen molar-refractivity contribution in [2.24, 2.45) is 0 Å². The smallest absolute Gasteiger partial charge is 0.131 e. The van der Waals surface area contributed by atoms with Crippen LogP contribution in [0.5, 0.6) is 0 Å². The van der Waals surface area contributed by atoms with Gasteiger partial charge in [-0.15, -0.1) is 0 Å². The van der Waals surface area contributed by atoms with E-state index < -0.39 is 0 Å². The predicted molar refractivity (Wildman–Crippen MR) is 66.1 cm³/mol. The average molecular weight is 213 g/mol. The van der Waals surface area contributed by atoms with E-state index in [0.717, 1.165) is 6.54 Å². The number of ketones is 1. The minimum Gasteiger partial charge on any atom is -0.314 e. The summed E-state index contributed by atoms with van der Waals surface area (Å²) in [4.78, 5) is 10.8. The van der Waals surface area contributed by atoms with E-state index in [0.29, 0.717) is 12.5 Å². The van der Waals surface area contributed by atoms with Gasteiger partial charge in [0, 0.05) is 12.5 Å². The minimum atomic E-state index is 0.276. The monoisotopic (exact) mass is 213 g/mol. The lowest BCUT2D eigenvalue weighted by Gasteiger charge is -2.11. The van der Waals surface area contributed by atoms with Crippen molar-refractivity contribution in [3.63, 3.8) is 0 Å². The van der Waals surface area contributed by atoms with E-state index in [-0.39, 0.29) is 5.78 Å². The number of hydrogen-bond acceptors (Lipinski definition) is 2. The molecule has 0 saturated heterocycles. The van der Waals surface area contributed by atoms with E-state index in [2.05, 4.69) is 19.2 Å². The van der Waals surface area contributed by atoms with Crippen LogP contribution in [0.15, 0.2) is 0 Å². The molecule has 0 fully saturated rings. The molecule has 0 aliphatic carbocycles. The average Bonchev–Trinajstić information content (AvgIpc) is 2.15. The number of carbonyl (C=O) groups is 1. The van der Waals surface area contributed by atoms with Crippen LogP contribution in [0, 0.1) is 0 Å². The molecule has 0 aliphatic heterocycles. The first-order valence-electron chi connectivity index (χ1n) is 6.39. The second-order valence-corrected chi connectivity index (χ2v) is 4.53. The molecule has 0 aromatic carbocycles. The summed E-state index contributed by atoms with van der Waals surface area (Å²) in [6.07, 6.45) is 8.64. The molecule has 0 saturated carbocycles. The molecule has 0 rings (SSSR count). The van der Waals surface area contributed by atoms with Gasteiger partial charge in [-0.25, -0.2) is 0 Å². The lowest BCUT2D eigenvalue weighted by molar-refractivity contribution is -0.117. The second kappa shape index (κ2) is 10.2. The summed E-state index contributed by atoms with van der Waals surface area (Å²) in [7, 11) is 0. The summed E-state index contributed by atoms with van der Waals surface area (Å²) in [5.41, 5.74) is 0. The van der Waals surface area contributed by atoms with Gasteiger partial charge in [-0.3, -0.25) is 4.79 Å². The van der Waals surface area contributed by atoms with E-state index in [9.17, 15) is 4.79 Å². The Morgan fingerprint density at radius 2 is 1.73 bits per heavy atom. The summed E-state index contributed by atoms with van der Waals surface area (Å²) in [5, 5.41) is 3.38. The fourth-order valence-electron chi connectivity index (χ4n) is 1.76. The maximum absolute atomic E-state index is 10.8. The Hall–Kier alpha value is -0.370. The van der Waals surface area contributed by atoms with Crippen LogP contribution in [0.4, 0.5) is 0 Å². The van der Waals surface area contributed by atoms with Crippen molar-refractivity contribution >= 4 is 5.78 Å². The van der Waals surface area contributed by atoms with Crippen LogP contribution in [0.3, 0.4) is 0 Å². The van der Waals surface area contributed by atoms with Crippen molar-refractivity contribution < 1.29 is 4.79 Å². The fraction of sp³-hybridized carbons (Fsp3) is 0.923. The lowest BCUT2D eigenvalue weighted by atomic mass is 10.1. The maximum Gasteiger partial charge on any atom is 0.131 e. The molecule has 0 heterocycles. The van der Waals surface area contributed by atoms with Gasteiger partial charge in [0.05, 0.1) is 0 Å². The third kappa shape index (κ3) is 11.6. The van der Waals surface area contributed by atoms with Gasteiger partial charge in [0.2, 0.25) is 0 Å². The highest BCUT2D eigenvalue weighted by Crippen LogP contribution is 2.04. The molecule has 90 valence electrons. The highest BCUT2D eigenvalue weighted by atomic mass is 16.1. The van der Waals surface area contributed by atoms with Crippen LogP contribution >= 0.6 is 0 Å². The van der Waals surface area contributed by atoms with Gasteiger partial charge in [-0.2, -0.15) is 0 Å². The van der Waals surface area contributed by atoms with Gasteiger partial charge in [0.25, 0.3) is 0 Å². The molecule has 2 nitrogen and oxygen atoms in total. The van der Waals surface area contributed by atoms with Crippen LogP contribution in [0.25, 0.3) is 0 Å². The van der Waals surface area contributed by atoms with Crippen molar-refractivity contribution in [3.05, 3.63) is 0 Å². The molecule has 2 heteroatoms. The third-order valence-corrected chi connectivity index (χ3v) is 2.62. The molecular weight excluding hydrogens is 186 g/mol. The quantitative estimate of drug-likeness (QED) is 0.564. The van der Waals surface area contributed by atoms with Crippen LogP contribution < -0.4 is 5.32 Å². The number of hydrogen-bond donors (Lipinski definition) is 1. The summed E-state index contributed by atoms with van der Waals surface area (Å²) in [6.45, 7) is 7.03. The first-order valence-corrected chi connectivity index (χ1v) is 6.39. The third-order valence-electron chi connectivity index (χ3n) is 2.62. The minimum absolute atomic E-state index is 0.276. The number of carbonyl (C=O) groups excluding carboxylic acids is 1. The van der Waals surface area contributed by atoms with Crippen molar-refractivity contribution in [1.82, 2.24) is 5.32 Å². The zero-order chi connectivity index (χ0) is 11.5. The number of nitrogens with one attached hydrogen (secondary N) is 1. The van der Waals surface area contributed by atoms with Gasteiger partial charge < -0.3 is 5.32 Å². The van der Waals surface area contributed by atoms with E-state index in [1.54, 1.807) is 6.92 Å². The Kier molecular flexibility index (Phi) is 9.91. The number of unbranched alkanes of at least 4 members (excludes halogenated alkanes) is 5. The van der Waals surface area contributed by atoms with Crippen molar-refractivity contribution in [1.29, 1.82) is 0 Å². The summed E-state index contributed by atoms with van der Waals surface area (Å²) in [6, 6.07) is 0.346. The fourth-order valence-corrected chi connectivity index (χ4v) is 1.76. The van der Waals surface area contributed by atoms with Gasteiger partial charge in [-0.05, 0) is 26.8 Å². The number of Topliss-reactive ketones (excluding diaryl/α,β-unsaturated/α-hetero) is 1. The standard InChI is InChI=1S/C13H27NO/c1-4-5-6-7-8-9-10-14-12(2)11-13(3)15/h12,14H,4-11H2,1-3H3. The molecule has 1 N–H and O–H groups in total.